The van der Waals surface area contributed by atoms with Crippen molar-refractivity contribution >= 4 is 5.97 Å². The molecule has 0 heterocycles. The number of carboxylic acids is 1. The van der Waals surface area contributed by atoms with Gasteiger partial charge in [0.25, 0.3) is 0 Å². The van der Waals surface area contributed by atoms with Crippen molar-refractivity contribution in [3.63, 3.8) is 0 Å². The molecule has 1 aliphatic rings. The van der Waals surface area contributed by atoms with E-state index in [4.69, 9.17) is 11.5 Å². The molecule has 1 saturated carbocycles. The lowest BCUT2D eigenvalue weighted by molar-refractivity contribution is -0.137. The van der Waals surface area contributed by atoms with Crippen LogP contribution in [0.3, 0.4) is 0 Å². The highest BCUT2D eigenvalue weighted by molar-refractivity contribution is 5.66. The van der Waals surface area contributed by atoms with Crippen LogP contribution in [0.4, 0.5) is 0 Å². The minimum absolute atomic E-state index is 0.124. The fraction of sp³-hybridized carbons (Fsp3) is 0.682. The molecule has 26 heavy (non-hydrogen) atoms. The molecule has 0 bridgehead atoms. The molecular formula is C22H34O4. The summed E-state index contributed by atoms with van der Waals surface area (Å²) in [4.78, 5) is 10.5. The highest BCUT2D eigenvalue weighted by Gasteiger charge is 2.52. The van der Waals surface area contributed by atoms with E-state index in [2.05, 4.69) is 19.4 Å². The van der Waals surface area contributed by atoms with Gasteiger partial charge in [0, 0.05) is 12.3 Å². The number of carbonyl (C=O) groups is 1. The Bertz CT molecular complexity index is 533. The van der Waals surface area contributed by atoms with Gasteiger partial charge in [-0.05, 0) is 44.4 Å². The zero-order valence-corrected chi connectivity index (χ0v) is 16.0. The molecule has 0 aliphatic heterocycles. The molecule has 3 N–H and O–H groups in total. The molecule has 4 atom stereocenters. The number of carboxylic acid groups (broad SMARTS) is 1. The molecule has 2 unspecified atom stereocenters. The van der Waals surface area contributed by atoms with Crippen LogP contribution in [-0.4, -0.2) is 32.5 Å². The van der Waals surface area contributed by atoms with Crippen LogP contribution < -0.4 is 0 Å². The Morgan fingerprint density at radius 1 is 1.38 bits per heavy atom. The van der Waals surface area contributed by atoms with Crippen LogP contribution in [0.1, 0.15) is 71.1 Å². The van der Waals surface area contributed by atoms with Crippen LogP contribution in [0.5, 0.6) is 0 Å². The van der Waals surface area contributed by atoms with Crippen LogP contribution in [0.2, 0.25) is 0 Å². The fourth-order valence-corrected chi connectivity index (χ4v) is 4.06. The Labute approximate surface area is 158 Å². The third-order valence-corrected chi connectivity index (χ3v) is 5.68. The number of allylic oxidation sites excluding steroid dienone is 2. The SMILES string of the molecule is C#C[C@@]1(O)CC[C@H](C(O)(C=C)CCCCC)C1C/C=C\CCCC(=O)O. The summed E-state index contributed by atoms with van der Waals surface area (Å²) >= 11 is 0. The molecular weight excluding hydrogens is 328 g/mol. The van der Waals surface area contributed by atoms with Gasteiger partial charge in [0.05, 0.1) is 5.60 Å². The van der Waals surface area contributed by atoms with Crippen molar-refractivity contribution in [1.29, 1.82) is 0 Å². The normalized spacial score (nSPS) is 27.9. The van der Waals surface area contributed by atoms with Crippen molar-refractivity contribution in [1.82, 2.24) is 0 Å². The van der Waals surface area contributed by atoms with Crippen LogP contribution in [0, 0.1) is 24.2 Å². The first-order valence-electron chi connectivity index (χ1n) is 9.76. The summed E-state index contributed by atoms with van der Waals surface area (Å²) in [6.07, 6.45) is 18.0. The lowest BCUT2D eigenvalue weighted by atomic mass is 9.73. The van der Waals surface area contributed by atoms with Gasteiger partial charge in [-0.2, -0.15) is 0 Å². The Morgan fingerprint density at radius 3 is 2.69 bits per heavy atom. The number of unbranched alkanes of at least 4 members (excludes halogenated alkanes) is 3. The highest BCUT2D eigenvalue weighted by Crippen LogP contribution is 2.49. The van der Waals surface area contributed by atoms with Gasteiger partial charge in [0.2, 0.25) is 0 Å². The molecule has 1 aliphatic carbocycles. The summed E-state index contributed by atoms with van der Waals surface area (Å²) in [5, 5.41) is 30.7. The van der Waals surface area contributed by atoms with Crippen LogP contribution in [0.25, 0.3) is 0 Å². The summed E-state index contributed by atoms with van der Waals surface area (Å²) in [5.41, 5.74) is -2.23. The van der Waals surface area contributed by atoms with Crippen molar-refractivity contribution in [3.8, 4) is 12.3 Å². The maximum Gasteiger partial charge on any atom is 0.303 e. The number of hydrogen-bond acceptors (Lipinski definition) is 3. The third-order valence-electron chi connectivity index (χ3n) is 5.68. The van der Waals surface area contributed by atoms with Gasteiger partial charge in [-0.3, -0.25) is 4.79 Å². The van der Waals surface area contributed by atoms with E-state index in [1.807, 2.05) is 12.2 Å². The maximum absolute atomic E-state index is 11.2. The van der Waals surface area contributed by atoms with Crippen LogP contribution in [0.15, 0.2) is 24.8 Å². The van der Waals surface area contributed by atoms with Gasteiger partial charge < -0.3 is 15.3 Å². The first-order valence-corrected chi connectivity index (χ1v) is 9.76. The van der Waals surface area contributed by atoms with E-state index >= 15 is 0 Å². The Morgan fingerprint density at radius 2 is 2.12 bits per heavy atom. The monoisotopic (exact) mass is 362 g/mol. The molecule has 4 heteroatoms. The van der Waals surface area contributed by atoms with E-state index in [0.717, 1.165) is 19.3 Å². The van der Waals surface area contributed by atoms with E-state index in [1.54, 1.807) is 6.08 Å². The van der Waals surface area contributed by atoms with E-state index in [1.165, 1.54) is 0 Å². The molecule has 1 rings (SSSR count). The second-order valence-corrected chi connectivity index (χ2v) is 7.47. The molecule has 0 amide bonds. The summed E-state index contributed by atoms with van der Waals surface area (Å²) in [7, 11) is 0. The lowest BCUT2D eigenvalue weighted by Gasteiger charge is -2.37. The zero-order chi connectivity index (χ0) is 19.6. The van der Waals surface area contributed by atoms with Gasteiger partial charge in [-0.1, -0.05) is 50.3 Å². The van der Waals surface area contributed by atoms with Crippen LogP contribution >= 0.6 is 0 Å². The zero-order valence-electron chi connectivity index (χ0n) is 16.0. The second kappa shape index (κ2) is 10.5. The van der Waals surface area contributed by atoms with Gasteiger partial charge >= 0.3 is 5.97 Å². The van der Waals surface area contributed by atoms with Gasteiger partial charge in [0.15, 0.2) is 0 Å². The standard InChI is InChI=1S/C22H34O4/c1-4-7-12-16-21(25,5-2)19-15-17-22(26,6-3)18(19)13-10-8-9-11-14-20(23)24/h3,5,8,10,18-19,25-26H,2,4,7,9,11-17H2,1H3,(H,23,24)/b10-8-/t18?,19-,21?,22+/m0/s1. The fourth-order valence-electron chi connectivity index (χ4n) is 4.06. The number of rotatable bonds is 12. The van der Waals surface area contributed by atoms with Crippen molar-refractivity contribution in [2.24, 2.45) is 11.8 Å². The topological polar surface area (TPSA) is 77.8 Å². The quantitative estimate of drug-likeness (QED) is 0.278. The molecule has 0 aromatic heterocycles. The third kappa shape index (κ3) is 6.00. The average molecular weight is 363 g/mol. The Balaban J connectivity index is 2.80. The number of aliphatic hydroxyl groups is 2. The number of terminal acetylenes is 1. The predicted octanol–water partition coefficient (Wildman–Crippen LogP) is 4.08. The summed E-state index contributed by atoms with van der Waals surface area (Å²) in [6.45, 7) is 5.97. The molecule has 0 aromatic carbocycles. The Hall–Kier alpha value is -1.57. The minimum Gasteiger partial charge on any atom is -0.481 e. The molecule has 4 nitrogen and oxygen atoms in total. The first-order chi connectivity index (χ1) is 12.3. The first kappa shape index (κ1) is 22.5. The number of hydrogen-bond donors (Lipinski definition) is 3. The van der Waals surface area contributed by atoms with Crippen molar-refractivity contribution < 1.29 is 20.1 Å². The van der Waals surface area contributed by atoms with Crippen molar-refractivity contribution in [2.75, 3.05) is 0 Å². The molecule has 0 aromatic rings. The van der Waals surface area contributed by atoms with Gasteiger partial charge in [0.1, 0.15) is 5.60 Å². The molecule has 1 fully saturated rings. The molecule has 146 valence electrons. The second-order valence-electron chi connectivity index (χ2n) is 7.47. The molecule has 0 spiro atoms. The van der Waals surface area contributed by atoms with Crippen molar-refractivity contribution in [2.45, 2.75) is 82.3 Å². The average Bonchev–Trinajstić information content (AvgIpc) is 2.95. The summed E-state index contributed by atoms with van der Waals surface area (Å²) in [6, 6.07) is 0. The van der Waals surface area contributed by atoms with E-state index in [-0.39, 0.29) is 18.3 Å². The van der Waals surface area contributed by atoms with E-state index in [9.17, 15) is 15.0 Å². The van der Waals surface area contributed by atoms with Crippen molar-refractivity contribution in [3.05, 3.63) is 24.8 Å². The minimum atomic E-state index is -1.21. The van der Waals surface area contributed by atoms with Crippen LogP contribution in [-0.2, 0) is 4.79 Å². The smallest absolute Gasteiger partial charge is 0.303 e. The van der Waals surface area contributed by atoms with E-state index in [0.29, 0.717) is 38.5 Å². The molecule has 0 radical (unpaired) electrons. The number of aliphatic carboxylic acids is 1. The van der Waals surface area contributed by atoms with Gasteiger partial charge in [-0.25, -0.2) is 0 Å². The summed E-state index contributed by atoms with van der Waals surface area (Å²) < 4.78 is 0. The summed E-state index contributed by atoms with van der Waals surface area (Å²) in [5.74, 6) is 1.40. The highest BCUT2D eigenvalue weighted by atomic mass is 16.4. The largest absolute Gasteiger partial charge is 0.481 e. The Kier molecular flexibility index (Phi) is 9.12. The maximum atomic E-state index is 11.2. The van der Waals surface area contributed by atoms with E-state index < -0.39 is 17.2 Å². The van der Waals surface area contributed by atoms with Gasteiger partial charge in [-0.15, -0.1) is 13.0 Å². The molecule has 0 saturated heterocycles. The predicted molar refractivity (Wildman–Crippen MR) is 105 cm³/mol. The lowest BCUT2D eigenvalue weighted by Crippen LogP contribution is -2.43.